The maximum atomic E-state index is 13.1. The third-order valence-electron chi connectivity index (χ3n) is 5.04. The number of halogens is 1. The number of nitrogens with two attached hydrogens (primary N) is 1. The third-order valence-corrected chi connectivity index (χ3v) is 10.6. The summed E-state index contributed by atoms with van der Waals surface area (Å²) in [6.07, 6.45) is 6.31. The van der Waals surface area contributed by atoms with Crippen LogP contribution in [0.4, 0.5) is 0 Å². The average molecular weight is 545 g/mol. The lowest BCUT2D eigenvalue weighted by Gasteiger charge is -2.20. The highest BCUT2D eigenvalue weighted by Gasteiger charge is 2.40. The van der Waals surface area contributed by atoms with Gasteiger partial charge in [-0.1, -0.05) is 28.9 Å². The first-order valence-corrected chi connectivity index (χ1v) is 14.5. The van der Waals surface area contributed by atoms with Crippen molar-refractivity contribution in [2.45, 2.75) is 34.5 Å². The number of primary sulfonamides is 1. The van der Waals surface area contributed by atoms with E-state index in [0.717, 1.165) is 27.0 Å². The Bertz CT molecular complexity index is 1580. The Morgan fingerprint density at radius 1 is 1.24 bits per heavy atom. The zero-order valence-corrected chi connectivity index (χ0v) is 20.9. The van der Waals surface area contributed by atoms with Crippen molar-refractivity contribution in [3.8, 4) is 12.3 Å². The molecule has 1 aromatic carbocycles. The maximum absolute atomic E-state index is 13.1. The number of carbonyl (C=O) groups is 1. The molecule has 0 spiro atoms. The van der Waals surface area contributed by atoms with E-state index in [-0.39, 0.29) is 27.0 Å². The molecule has 174 valence electrons. The smallest absolute Gasteiger partial charge is 0.266 e. The van der Waals surface area contributed by atoms with Crippen molar-refractivity contribution < 1.29 is 21.6 Å². The summed E-state index contributed by atoms with van der Waals surface area (Å²) in [5.41, 5.74) is 0.584. The van der Waals surface area contributed by atoms with Gasteiger partial charge in [-0.05, 0) is 43.2 Å². The minimum absolute atomic E-state index is 0.0620. The fraction of sp³-hybridized carbons (Fsp3) is 0.263. The van der Waals surface area contributed by atoms with Gasteiger partial charge in [0.2, 0.25) is 10.0 Å². The lowest BCUT2D eigenvalue weighted by Crippen LogP contribution is -2.40. The van der Waals surface area contributed by atoms with Gasteiger partial charge in [-0.15, -0.1) is 17.8 Å². The number of thiophene rings is 1. The summed E-state index contributed by atoms with van der Waals surface area (Å²) < 4.78 is 53.1. The van der Waals surface area contributed by atoms with Gasteiger partial charge in [0.15, 0.2) is 4.80 Å². The summed E-state index contributed by atoms with van der Waals surface area (Å²) in [4.78, 5) is 17.4. The van der Waals surface area contributed by atoms with E-state index in [9.17, 15) is 21.6 Å². The minimum atomic E-state index is -3.92. The number of nitrogens with zero attached hydrogens (tertiary/aromatic N) is 3. The maximum Gasteiger partial charge on any atom is 0.266 e. The van der Waals surface area contributed by atoms with E-state index in [2.05, 4.69) is 10.9 Å². The highest BCUT2D eigenvalue weighted by Crippen LogP contribution is 2.32. The van der Waals surface area contributed by atoms with Crippen molar-refractivity contribution in [3.63, 3.8) is 0 Å². The van der Waals surface area contributed by atoms with Gasteiger partial charge in [0, 0.05) is 6.54 Å². The van der Waals surface area contributed by atoms with Gasteiger partial charge in [-0.25, -0.2) is 22.0 Å². The second kappa shape index (κ2) is 8.95. The summed E-state index contributed by atoms with van der Waals surface area (Å²) in [6, 6.07) is 6.22. The summed E-state index contributed by atoms with van der Waals surface area (Å²) >= 11 is 7.88. The number of amides is 1. The second-order valence-electron chi connectivity index (χ2n) is 7.13. The molecule has 1 unspecified atom stereocenters. The number of carbonyl (C=O) groups excluding carboxylic acids is 1. The molecule has 2 aromatic heterocycles. The average Bonchev–Trinajstić information content (AvgIpc) is 3.46. The van der Waals surface area contributed by atoms with Crippen LogP contribution < -0.4 is 9.94 Å². The van der Waals surface area contributed by atoms with Gasteiger partial charge in [0.25, 0.3) is 15.9 Å². The Morgan fingerprint density at radius 3 is 2.64 bits per heavy atom. The number of rotatable bonds is 5. The topological polar surface area (TPSA) is 132 Å². The first-order chi connectivity index (χ1) is 15.5. The molecule has 1 saturated heterocycles. The lowest BCUT2D eigenvalue weighted by molar-refractivity contribution is -0.121. The van der Waals surface area contributed by atoms with E-state index in [0.29, 0.717) is 27.4 Å². The molecule has 1 aliphatic rings. The van der Waals surface area contributed by atoms with Crippen molar-refractivity contribution >= 4 is 70.4 Å². The van der Waals surface area contributed by atoms with E-state index in [1.54, 1.807) is 10.6 Å². The lowest BCUT2D eigenvalue weighted by atomic mass is 10.2. The predicted molar refractivity (Wildman–Crippen MR) is 127 cm³/mol. The normalized spacial score (nSPS) is 18.1. The molecule has 3 heterocycles. The zero-order chi connectivity index (χ0) is 24.0. The Labute approximate surface area is 203 Å². The SMILES string of the molecule is C#CCn1c(=NC(=O)C2CCCN2S(=O)(=O)c2ccc(Cl)s2)sc2cc(S(N)(=O)=O)ccc21. The predicted octanol–water partition coefficient (Wildman–Crippen LogP) is 1.98. The van der Waals surface area contributed by atoms with Crippen LogP contribution in [-0.4, -0.2) is 44.2 Å². The largest absolute Gasteiger partial charge is 0.305 e. The fourth-order valence-corrected chi connectivity index (χ4v) is 8.51. The second-order valence-corrected chi connectivity index (χ2v) is 13.5. The molecule has 9 nitrogen and oxygen atoms in total. The number of thiazole rings is 1. The first kappa shape index (κ1) is 24.1. The van der Waals surface area contributed by atoms with Crippen LogP contribution >= 0.6 is 34.3 Å². The van der Waals surface area contributed by atoms with Crippen LogP contribution in [0, 0.1) is 12.3 Å². The molecule has 1 amide bonds. The summed E-state index contributed by atoms with van der Waals surface area (Å²) in [7, 11) is -7.82. The minimum Gasteiger partial charge on any atom is -0.305 e. The van der Waals surface area contributed by atoms with Crippen LogP contribution in [0.5, 0.6) is 0 Å². The molecule has 1 fully saturated rings. The van der Waals surface area contributed by atoms with Gasteiger partial charge in [0.1, 0.15) is 10.3 Å². The van der Waals surface area contributed by atoms with Crippen molar-refractivity contribution in [3.05, 3.63) is 39.5 Å². The molecular weight excluding hydrogens is 528 g/mol. The molecule has 0 bridgehead atoms. The molecule has 1 aliphatic heterocycles. The summed E-state index contributed by atoms with van der Waals surface area (Å²) in [6.45, 7) is 0.277. The molecule has 0 saturated carbocycles. The Balaban J connectivity index is 1.76. The van der Waals surface area contributed by atoms with Crippen LogP contribution in [-0.2, 0) is 31.4 Å². The molecule has 4 rings (SSSR count). The Morgan fingerprint density at radius 2 is 2.00 bits per heavy atom. The van der Waals surface area contributed by atoms with Crippen molar-refractivity contribution in [2.24, 2.45) is 10.1 Å². The monoisotopic (exact) mass is 544 g/mol. The standard InChI is InChI=1S/C19H17ClN4O5S4/c1-2-9-23-13-6-5-12(32(21,26)27)11-15(13)30-19(23)22-18(25)14-4-3-10-24(14)33(28,29)17-8-7-16(20)31-17/h1,5-8,11,14H,3-4,9-10H2,(H2,21,26,27). The molecule has 0 aliphatic carbocycles. The van der Waals surface area contributed by atoms with Crippen molar-refractivity contribution in [1.82, 2.24) is 8.87 Å². The van der Waals surface area contributed by atoms with Crippen LogP contribution in [0.1, 0.15) is 12.8 Å². The molecule has 14 heteroatoms. The summed E-state index contributed by atoms with van der Waals surface area (Å²) in [5, 5.41) is 5.21. The Hall–Kier alpha value is -2.05. The molecule has 2 N–H and O–H groups in total. The highest BCUT2D eigenvalue weighted by molar-refractivity contribution is 7.91. The molecular formula is C19H17ClN4O5S4. The Kier molecular flexibility index (Phi) is 6.53. The number of aromatic nitrogens is 1. The van der Waals surface area contributed by atoms with Gasteiger partial charge in [-0.3, -0.25) is 4.79 Å². The molecule has 33 heavy (non-hydrogen) atoms. The van der Waals surface area contributed by atoms with Gasteiger partial charge in [0.05, 0.1) is 26.0 Å². The zero-order valence-electron chi connectivity index (χ0n) is 16.8. The number of benzene rings is 1. The van der Waals surface area contributed by atoms with Crippen LogP contribution in [0.2, 0.25) is 4.34 Å². The summed E-state index contributed by atoms with van der Waals surface area (Å²) in [5.74, 6) is 1.86. The van der Waals surface area contributed by atoms with Gasteiger partial charge < -0.3 is 4.57 Å². The number of sulfonamides is 2. The number of terminal acetylenes is 1. The van der Waals surface area contributed by atoms with Gasteiger partial charge >= 0.3 is 0 Å². The first-order valence-electron chi connectivity index (χ1n) is 9.48. The quantitative estimate of drug-likeness (QED) is 0.490. The number of hydrogen-bond donors (Lipinski definition) is 1. The third kappa shape index (κ3) is 4.65. The molecule has 1 atom stereocenters. The van der Waals surface area contributed by atoms with E-state index >= 15 is 0 Å². The molecule has 0 radical (unpaired) electrons. The molecule has 3 aromatic rings. The number of fused-ring (bicyclic) bond motifs is 1. The fourth-order valence-electron chi connectivity index (χ4n) is 3.56. The van der Waals surface area contributed by atoms with E-state index in [1.807, 2.05) is 0 Å². The van der Waals surface area contributed by atoms with Crippen LogP contribution in [0.25, 0.3) is 10.2 Å². The van der Waals surface area contributed by atoms with Gasteiger partial charge in [-0.2, -0.15) is 9.30 Å². The van der Waals surface area contributed by atoms with Crippen molar-refractivity contribution in [2.75, 3.05) is 6.54 Å². The van der Waals surface area contributed by atoms with Crippen LogP contribution in [0.15, 0.2) is 44.4 Å². The highest BCUT2D eigenvalue weighted by atomic mass is 35.5. The number of hydrogen-bond acceptors (Lipinski definition) is 7. The van der Waals surface area contributed by atoms with E-state index in [4.69, 9.17) is 23.2 Å². The van der Waals surface area contributed by atoms with E-state index in [1.165, 1.54) is 24.3 Å². The van der Waals surface area contributed by atoms with E-state index < -0.39 is 32.0 Å². The van der Waals surface area contributed by atoms with Crippen molar-refractivity contribution in [1.29, 1.82) is 0 Å². The van der Waals surface area contributed by atoms with Crippen LogP contribution in [0.3, 0.4) is 0 Å².